The van der Waals surface area contributed by atoms with Crippen molar-refractivity contribution >= 4 is 35.1 Å². The van der Waals surface area contributed by atoms with Crippen molar-refractivity contribution in [3.8, 4) is 0 Å². The molecular formula is C21H21ClN2O4. The van der Waals surface area contributed by atoms with E-state index in [0.29, 0.717) is 17.3 Å². The molecule has 1 heterocycles. The molecule has 0 bridgehead atoms. The van der Waals surface area contributed by atoms with Crippen molar-refractivity contribution in [2.24, 2.45) is 5.92 Å². The molecular weight excluding hydrogens is 380 g/mol. The summed E-state index contributed by atoms with van der Waals surface area (Å²) < 4.78 is 5.28. The lowest BCUT2D eigenvalue weighted by atomic mass is 10.1. The predicted octanol–water partition coefficient (Wildman–Crippen LogP) is 3.26. The first-order valence-corrected chi connectivity index (χ1v) is 9.39. The Balaban J connectivity index is 1.53. The van der Waals surface area contributed by atoms with Gasteiger partial charge in [0, 0.05) is 19.5 Å². The smallest absolute Gasteiger partial charge is 0.312 e. The number of ether oxygens (including phenoxy) is 1. The van der Waals surface area contributed by atoms with Gasteiger partial charge in [-0.3, -0.25) is 14.4 Å². The number of rotatable bonds is 6. The number of esters is 1. The number of carbonyl (C=O) groups excluding carboxylic acids is 3. The summed E-state index contributed by atoms with van der Waals surface area (Å²) in [4.78, 5) is 38.5. The van der Waals surface area contributed by atoms with Gasteiger partial charge in [-0.2, -0.15) is 0 Å². The fourth-order valence-corrected chi connectivity index (χ4v) is 3.19. The number of anilines is 1. The van der Waals surface area contributed by atoms with Crippen molar-refractivity contribution in [2.75, 3.05) is 11.9 Å². The Hall–Kier alpha value is -2.86. The second-order valence-electron chi connectivity index (χ2n) is 6.71. The average Bonchev–Trinajstić information content (AvgIpc) is 3.05. The molecule has 2 atom stereocenters. The molecule has 2 amide bonds. The van der Waals surface area contributed by atoms with Crippen LogP contribution >= 0.6 is 11.6 Å². The lowest BCUT2D eigenvalue weighted by molar-refractivity contribution is -0.157. The summed E-state index contributed by atoms with van der Waals surface area (Å²) in [5, 5.41) is 3.03. The molecule has 2 aromatic carbocycles. The number of amides is 2. The first-order valence-electron chi connectivity index (χ1n) is 9.01. The van der Waals surface area contributed by atoms with Crippen LogP contribution in [0.1, 0.15) is 18.9 Å². The van der Waals surface area contributed by atoms with Crippen LogP contribution in [-0.4, -0.2) is 35.3 Å². The highest BCUT2D eigenvalue weighted by Gasteiger charge is 2.36. The molecule has 1 aliphatic heterocycles. The quantitative estimate of drug-likeness (QED) is 0.755. The molecule has 0 spiro atoms. The Morgan fingerprint density at radius 1 is 1.18 bits per heavy atom. The molecule has 1 fully saturated rings. The van der Waals surface area contributed by atoms with Gasteiger partial charge in [-0.15, -0.1) is 0 Å². The van der Waals surface area contributed by atoms with E-state index in [1.165, 1.54) is 6.92 Å². The third kappa shape index (κ3) is 4.89. The van der Waals surface area contributed by atoms with Gasteiger partial charge in [0.25, 0.3) is 5.91 Å². The predicted molar refractivity (Wildman–Crippen MR) is 106 cm³/mol. The Bertz CT molecular complexity index is 872. The standard InChI is InChI=1S/C21H21ClN2O4/c1-14(20(26)23-18-10-6-5-9-17(18)22)28-21(27)16-11-19(25)24(13-16)12-15-7-3-2-4-8-15/h2-10,14,16H,11-13H2,1H3,(H,23,26)/t14-,16-/m1/s1. The van der Waals surface area contributed by atoms with E-state index in [0.717, 1.165) is 5.56 Å². The van der Waals surface area contributed by atoms with Gasteiger partial charge in [0.1, 0.15) is 0 Å². The molecule has 2 aromatic rings. The van der Waals surface area contributed by atoms with E-state index in [-0.39, 0.29) is 18.9 Å². The van der Waals surface area contributed by atoms with Gasteiger partial charge < -0.3 is 15.0 Å². The number of likely N-dealkylation sites (tertiary alicyclic amines) is 1. The fourth-order valence-electron chi connectivity index (χ4n) is 3.01. The maximum absolute atomic E-state index is 12.4. The van der Waals surface area contributed by atoms with Crippen LogP contribution in [0.3, 0.4) is 0 Å². The molecule has 0 aromatic heterocycles. The molecule has 3 rings (SSSR count). The van der Waals surface area contributed by atoms with E-state index in [2.05, 4.69) is 5.32 Å². The second-order valence-corrected chi connectivity index (χ2v) is 7.12. The molecule has 146 valence electrons. The normalized spacial score (nSPS) is 17.3. The summed E-state index contributed by atoms with van der Waals surface area (Å²) in [6.45, 7) is 2.22. The highest BCUT2D eigenvalue weighted by molar-refractivity contribution is 6.33. The molecule has 0 aliphatic carbocycles. The third-order valence-electron chi connectivity index (χ3n) is 4.56. The van der Waals surface area contributed by atoms with Gasteiger partial charge in [0.05, 0.1) is 16.6 Å². The van der Waals surface area contributed by atoms with Gasteiger partial charge >= 0.3 is 5.97 Å². The molecule has 1 saturated heterocycles. The molecule has 7 heteroatoms. The maximum atomic E-state index is 12.4. The maximum Gasteiger partial charge on any atom is 0.312 e. The lowest BCUT2D eigenvalue weighted by Gasteiger charge is -2.18. The van der Waals surface area contributed by atoms with Crippen LogP contribution in [0.25, 0.3) is 0 Å². The van der Waals surface area contributed by atoms with Crippen molar-refractivity contribution < 1.29 is 19.1 Å². The van der Waals surface area contributed by atoms with Gasteiger partial charge in [0.2, 0.25) is 5.91 Å². The number of hydrogen-bond donors (Lipinski definition) is 1. The van der Waals surface area contributed by atoms with E-state index in [1.54, 1.807) is 29.2 Å². The Labute approximate surface area is 168 Å². The Kier molecular flexibility index (Phi) is 6.31. The monoisotopic (exact) mass is 400 g/mol. The second kappa shape index (κ2) is 8.89. The molecule has 6 nitrogen and oxygen atoms in total. The van der Waals surface area contributed by atoms with E-state index in [4.69, 9.17) is 16.3 Å². The van der Waals surface area contributed by atoms with Crippen molar-refractivity contribution in [1.29, 1.82) is 0 Å². The van der Waals surface area contributed by atoms with Gasteiger partial charge in [-0.05, 0) is 24.6 Å². The van der Waals surface area contributed by atoms with Crippen molar-refractivity contribution in [3.05, 3.63) is 65.2 Å². The third-order valence-corrected chi connectivity index (χ3v) is 4.89. The number of carbonyl (C=O) groups is 3. The van der Waals surface area contributed by atoms with E-state index in [9.17, 15) is 14.4 Å². The first-order chi connectivity index (χ1) is 13.4. The number of hydrogen-bond acceptors (Lipinski definition) is 4. The zero-order chi connectivity index (χ0) is 20.1. The van der Waals surface area contributed by atoms with Crippen LogP contribution < -0.4 is 5.32 Å². The van der Waals surface area contributed by atoms with Gasteiger partial charge in [-0.1, -0.05) is 54.1 Å². The zero-order valence-electron chi connectivity index (χ0n) is 15.4. The summed E-state index contributed by atoms with van der Waals surface area (Å²) in [6, 6.07) is 16.4. The van der Waals surface area contributed by atoms with Crippen LogP contribution in [-0.2, 0) is 25.7 Å². The van der Waals surface area contributed by atoms with E-state index < -0.39 is 23.9 Å². The van der Waals surface area contributed by atoms with E-state index in [1.807, 2.05) is 30.3 Å². The molecule has 28 heavy (non-hydrogen) atoms. The van der Waals surface area contributed by atoms with Crippen molar-refractivity contribution in [3.63, 3.8) is 0 Å². The van der Waals surface area contributed by atoms with Crippen molar-refractivity contribution in [1.82, 2.24) is 4.90 Å². The summed E-state index contributed by atoms with van der Waals surface area (Å²) >= 11 is 6.02. The molecule has 0 radical (unpaired) electrons. The summed E-state index contributed by atoms with van der Waals surface area (Å²) in [5.74, 6) is -1.71. The molecule has 1 aliphatic rings. The number of halogens is 1. The minimum atomic E-state index is -0.998. The minimum absolute atomic E-state index is 0.0878. The van der Waals surface area contributed by atoms with Gasteiger partial charge in [0.15, 0.2) is 6.10 Å². The summed E-state index contributed by atoms with van der Waals surface area (Å²) in [5.41, 5.74) is 1.44. The average molecular weight is 401 g/mol. The highest BCUT2D eigenvalue weighted by Crippen LogP contribution is 2.23. The number of nitrogens with zero attached hydrogens (tertiary/aromatic N) is 1. The molecule has 1 N–H and O–H groups in total. The Morgan fingerprint density at radius 3 is 2.57 bits per heavy atom. The van der Waals surface area contributed by atoms with Crippen LogP contribution in [0.15, 0.2) is 54.6 Å². The summed E-state index contributed by atoms with van der Waals surface area (Å²) in [6.07, 6.45) is -0.910. The largest absolute Gasteiger partial charge is 0.452 e. The lowest BCUT2D eigenvalue weighted by Crippen LogP contribution is -2.33. The first kappa shape index (κ1) is 19.9. The highest BCUT2D eigenvalue weighted by atomic mass is 35.5. The SMILES string of the molecule is C[C@@H](OC(=O)[C@@H]1CC(=O)N(Cc2ccccc2)C1)C(=O)Nc1ccccc1Cl. The topological polar surface area (TPSA) is 75.7 Å². The molecule has 0 unspecified atom stereocenters. The molecule has 0 saturated carbocycles. The number of para-hydroxylation sites is 1. The number of nitrogens with one attached hydrogen (secondary N) is 1. The van der Waals surface area contributed by atoms with Crippen LogP contribution in [0.4, 0.5) is 5.69 Å². The van der Waals surface area contributed by atoms with Gasteiger partial charge in [-0.25, -0.2) is 0 Å². The van der Waals surface area contributed by atoms with E-state index >= 15 is 0 Å². The number of benzene rings is 2. The zero-order valence-corrected chi connectivity index (χ0v) is 16.2. The Morgan fingerprint density at radius 2 is 1.86 bits per heavy atom. The van der Waals surface area contributed by atoms with Crippen molar-refractivity contribution in [2.45, 2.75) is 26.0 Å². The fraction of sp³-hybridized carbons (Fsp3) is 0.286. The minimum Gasteiger partial charge on any atom is -0.452 e. The van der Waals surface area contributed by atoms with Crippen LogP contribution in [0, 0.1) is 5.92 Å². The summed E-state index contributed by atoms with van der Waals surface area (Å²) in [7, 11) is 0. The van der Waals surface area contributed by atoms with Crippen LogP contribution in [0.5, 0.6) is 0 Å². The van der Waals surface area contributed by atoms with Crippen LogP contribution in [0.2, 0.25) is 5.02 Å².